The summed E-state index contributed by atoms with van der Waals surface area (Å²) < 4.78 is 2.81. The van der Waals surface area contributed by atoms with Crippen LogP contribution < -0.4 is 4.90 Å². The van der Waals surface area contributed by atoms with E-state index in [1.165, 1.54) is 17.7 Å². The van der Waals surface area contributed by atoms with Crippen molar-refractivity contribution < 1.29 is 4.79 Å². The van der Waals surface area contributed by atoms with Gasteiger partial charge in [0, 0.05) is 48.0 Å². The fourth-order valence-electron chi connectivity index (χ4n) is 4.31. The Morgan fingerprint density at radius 3 is 2.48 bits per heavy atom. The molecular formula is C24H19ClN6OS. The van der Waals surface area contributed by atoms with Gasteiger partial charge >= 0.3 is 0 Å². The van der Waals surface area contributed by atoms with E-state index in [1.54, 1.807) is 4.52 Å². The lowest BCUT2D eigenvalue weighted by molar-refractivity contribution is 0.0751. The number of amides is 1. The quantitative estimate of drug-likeness (QED) is 0.381. The number of hydrogen-bond donors (Lipinski definition) is 0. The van der Waals surface area contributed by atoms with Crippen molar-refractivity contribution in [1.29, 1.82) is 0 Å². The molecular weight excluding hydrogens is 456 g/mol. The summed E-state index contributed by atoms with van der Waals surface area (Å²) in [5.41, 5.74) is 2.05. The van der Waals surface area contributed by atoms with Crippen molar-refractivity contribution in [1.82, 2.24) is 24.5 Å². The Morgan fingerprint density at radius 2 is 1.70 bits per heavy atom. The Hall–Kier alpha value is -3.49. The molecule has 0 radical (unpaired) electrons. The number of halogens is 1. The van der Waals surface area contributed by atoms with Gasteiger partial charge in [0.25, 0.3) is 11.7 Å². The zero-order chi connectivity index (χ0) is 22.4. The van der Waals surface area contributed by atoms with Crippen LogP contribution in [0.2, 0.25) is 5.02 Å². The molecule has 1 fully saturated rings. The molecule has 1 saturated heterocycles. The Labute approximate surface area is 198 Å². The van der Waals surface area contributed by atoms with Gasteiger partial charge in [-0.15, -0.1) is 11.3 Å². The maximum absolute atomic E-state index is 13.3. The summed E-state index contributed by atoms with van der Waals surface area (Å²) in [6, 6.07) is 18.0. The Bertz CT molecular complexity index is 1470. The van der Waals surface area contributed by atoms with Crippen molar-refractivity contribution in [2.45, 2.75) is 0 Å². The fourth-order valence-corrected chi connectivity index (χ4v) is 5.79. The predicted molar refractivity (Wildman–Crippen MR) is 131 cm³/mol. The smallest absolute Gasteiger partial charge is 0.265 e. The van der Waals surface area contributed by atoms with E-state index >= 15 is 0 Å². The molecule has 0 atom stereocenters. The van der Waals surface area contributed by atoms with Crippen LogP contribution in [0.25, 0.3) is 27.0 Å². The summed E-state index contributed by atoms with van der Waals surface area (Å²) in [7, 11) is 0. The van der Waals surface area contributed by atoms with Crippen molar-refractivity contribution in [3.63, 3.8) is 0 Å². The highest BCUT2D eigenvalue weighted by atomic mass is 35.5. The Kier molecular flexibility index (Phi) is 4.96. The second kappa shape index (κ2) is 8.13. The van der Waals surface area contributed by atoms with E-state index in [0.717, 1.165) is 27.0 Å². The van der Waals surface area contributed by atoms with Crippen LogP contribution in [0.15, 0.2) is 67.1 Å². The number of piperazine rings is 1. The molecule has 0 bridgehead atoms. The van der Waals surface area contributed by atoms with Crippen molar-refractivity contribution >= 4 is 50.5 Å². The van der Waals surface area contributed by atoms with E-state index in [0.29, 0.717) is 41.9 Å². The fraction of sp³-hybridized carbons (Fsp3) is 0.167. The molecule has 0 unspecified atom stereocenters. The molecule has 1 aliphatic heterocycles. The first-order chi connectivity index (χ1) is 16.2. The summed E-state index contributed by atoms with van der Waals surface area (Å²) in [6.07, 6.45) is 3.37. The number of anilines is 1. The number of fused-ring (bicyclic) bond motifs is 2. The molecule has 2 aromatic carbocycles. The van der Waals surface area contributed by atoms with Crippen molar-refractivity contribution in [3.8, 4) is 11.1 Å². The van der Waals surface area contributed by atoms with Gasteiger partial charge in [0.05, 0.1) is 5.02 Å². The lowest BCUT2D eigenvalue weighted by Crippen LogP contribution is -2.49. The lowest BCUT2D eigenvalue weighted by Gasteiger charge is -2.36. The average molecular weight is 475 g/mol. The third-order valence-corrected chi connectivity index (χ3v) is 7.62. The van der Waals surface area contributed by atoms with Gasteiger partial charge in [-0.3, -0.25) is 4.79 Å². The number of aromatic nitrogens is 4. The molecule has 33 heavy (non-hydrogen) atoms. The number of carbonyl (C=O) groups is 1. The van der Waals surface area contributed by atoms with Gasteiger partial charge < -0.3 is 9.80 Å². The van der Waals surface area contributed by atoms with Crippen LogP contribution in [0, 0.1) is 0 Å². The minimum atomic E-state index is -0.00948. The molecule has 0 aliphatic carbocycles. The maximum Gasteiger partial charge on any atom is 0.265 e. The van der Waals surface area contributed by atoms with E-state index in [9.17, 15) is 4.79 Å². The highest BCUT2D eigenvalue weighted by molar-refractivity contribution is 7.21. The van der Waals surface area contributed by atoms with Gasteiger partial charge in [0.15, 0.2) is 0 Å². The summed E-state index contributed by atoms with van der Waals surface area (Å²) in [5.74, 6) is 1.49. The van der Waals surface area contributed by atoms with Gasteiger partial charge in [-0.25, -0.2) is 4.98 Å². The van der Waals surface area contributed by atoms with Crippen LogP contribution in [0.3, 0.4) is 0 Å². The van der Waals surface area contributed by atoms with Gasteiger partial charge in [0.2, 0.25) is 0 Å². The SMILES string of the molecule is O=C(c1sc2ccccc2c1Cl)N1CCN(c2c(-c3ccccc3)cnc3ncnn23)CC1. The number of benzene rings is 2. The van der Waals surface area contributed by atoms with Crippen molar-refractivity contribution in [3.05, 3.63) is 77.0 Å². The van der Waals surface area contributed by atoms with Crippen molar-refractivity contribution in [2.75, 3.05) is 31.1 Å². The number of carbonyl (C=O) groups excluding carboxylic acids is 1. The molecule has 7 nitrogen and oxygen atoms in total. The highest BCUT2D eigenvalue weighted by Crippen LogP contribution is 2.36. The minimum Gasteiger partial charge on any atom is -0.352 e. The predicted octanol–water partition coefficient (Wildman–Crippen LogP) is 4.62. The van der Waals surface area contributed by atoms with Crippen LogP contribution >= 0.6 is 22.9 Å². The molecule has 0 saturated carbocycles. The topological polar surface area (TPSA) is 66.6 Å². The first-order valence-corrected chi connectivity index (χ1v) is 11.9. The average Bonchev–Trinajstić information content (AvgIpc) is 3.48. The van der Waals surface area contributed by atoms with Gasteiger partial charge in [-0.1, -0.05) is 60.1 Å². The van der Waals surface area contributed by atoms with Gasteiger partial charge in [0.1, 0.15) is 17.0 Å². The summed E-state index contributed by atoms with van der Waals surface area (Å²) in [6.45, 7) is 2.53. The van der Waals surface area contributed by atoms with Crippen LogP contribution in [-0.4, -0.2) is 56.6 Å². The van der Waals surface area contributed by atoms with Crippen LogP contribution in [0.4, 0.5) is 5.82 Å². The third-order valence-electron chi connectivity index (χ3n) is 5.96. The summed E-state index contributed by atoms with van der Waals surface area (Å²) >= 11 is 8.02. The van der Waals surface area contributed by atoms with E-state index < -0.39 is 0 Å². The second-order valence-electron chi connectivity index (χ2n) is 7.85. The first-order valence-electron chi connectivity index (χ1n) is 10.7. The normalized spacial score (nSPS) is 14.3. The summed E-state index contributed by atoms with van der Waals surface area (Å²) in [5, 5.41) is 5.91. The largest absolute Gasteiger partial charge is 0.352 e. The highest BCUT2D eigenvalue weighted by Gasteiger charge is 2.28. The van der Waals surface area contributed by atoms with E-state index in [1.807, 2.05) is 53.6 Å². The van der Waals surface area contributed by atoms with E-state index in [4.69, 9.17) is 11.6 Å². The first kappa shape index (κ1) is 20.1. The van der Waals surface area contributed by atoms with Crippen LogP contribution in [0.5, 0.6) is 0 Å². The second-order valence-corrected chi connectivity index (χ2v) is 9.28. The molecule has 3 aromatic heterocycles. The van der Waals surface area contributed by atoms with Gasteiger partial charge in [-0.2, -0.15) is 14.6 Å². The number of nitrogens with zero attached hydrogens (tertiary/aromatic N) is 6. The lowest BCUT2D eigenvalue weighted by atomic mass is 10.1. The number of hydrogen-bond acceptors (Lipinski definition) is 6. The molecule has 0 N–H and O–H groups in total. The molecule has 6 rings (SSSR count). The van der Waals surface area contributed by atoms with Crippen LogP contribution in [-0.2, 0) is 0 Å². The molecule has 1 amide bonds. The molecule has 164 valence electrons. The Balaban J connectivity index is 1.29. The van der Waals surface area contributed by atoms with Crippen LogP contribution in [0.1, 0.15) is 9.67 Å². The molecule has 5 aromatic rings. The number of rotatable bonds is 3. The number of thiophene rings is 1. The molecule has 4 heterocycles. The Morgan fingerprint density at radius 1 is 0.939 bits per heavy atom. The summed E-state index contributed by atoms with van der Waals surface area (Å²) in [4.78, 5) is 26.8. The third kappa shape index (κ3) is 3.42. The van der Waals surface area contributed by atoms with E-state index in [-0.39, 0.29) is 5.91 Å². The monoisotopic (exact) mass is 474 g/mol. The molecule has 1 aliphatic rings. The zero-order valence-electron chi connectivity index (χ0n) is 17.6. The van der Waals surface area contributed by atoms with E-state index in [2.05, 4.69) is 32.1 Å². The van der Waals surface area contributed by atoms with Gasteiger partial charge in [-0.05, 0) is 11.6 Å². The molecule has 0 spiro atoms. The zero-order valence-corrected chi connectivity index (χ0v) is 19.1. The molecule has 9 heteroatoms. The van der Waals surface area contributed by atoms with Crippen molar-refractivity contribution in [2.24, 2.45) is 0 Å². The maximum atomic E-state index is 13.3. The standard InChI is InChI=1S/C24H19ClN6OS/c25-20-17-8-4-5-9-19(17)33-21(20)23(32)30-12-10-29(11-13-30)22-18(16-6-2-1-3-7-16)14-26-24-27-15-28-31(22)24/h1-9,14-15H,10-13H2. The minimum absolute atomic E-state index is 0.00948.